The van der Waals surface area contributed by atoms with Gasteiger partial charge in [-0.1, -0.05) is 23.7 Å². The fourth-order valence-corrected chi connectivity index (χ4v) is 2.94. The molecule has 1 aromatic carbocycles. The molecule has 124 valence electrons. The molecule has 0 saturated carbocycles. The Kier molecular flexibility index (Phi) is 5.17. The summed E-state index contributed by atoms with van der Waals surface area (Å²) in [7, 11) is 0. The fourth-order valence-electron chi connectivity index (χ4n) is 2.75. The maximum Gasteiger partial charge on any atom is 0.210 e. The molecular weight excluding hydrogens is 312 g/mol. The van der Waals surface area contributed by atoms with Crippen molar-refractivity contribution in [3.05, 3.63) is 46.7 Å². The standard InChI is InChI=1S/C16H23ClN6/c17-14-4-1-3-13(11-14)16(18)21-7-5-15(22-16)20-6-2-9-23-10-8-19-12-23/h1,3-5,7,11,19-20,22H,2,6,8-10,12,18H2. The Balaban J connectivity index is 1.51. The number of rotatable bonds is 6. The van der Waals surface area contributed by atoms with E-state index in [9.17, 15) is 0 Å². The van der Waals surface area contributed by atoms with Crippen molar-refractivity contribution in [3.63, 3.8) is 0 Å². The third-order valence-corrected chi connectivity index (χ3v) is 4.25. The molecule has 6 nitrogen and oxygen atoms in total. The molecule has 0 radical (unpaired) electrons. The van der Waals surface area contributed by atoms with Crippen LogP contribution in [-0.4, -0.2) is 44.0 Å². The van der Waals surface area contributed by atoms with Crippen LogP contribution >= 0.6 is 11.6 Å². The van der Waals surface area contributed by atoms with Crippen LogP contribution in [0.5, 0.6) is 0 Å². The molecule has 5 N–H and O–H groups in total. The predicted octanol–water partition coefficient (Wildman–Crippen LogP) is 0.767. The first-order valence-electron chi connectivity index (χ1n) is 7.91. The summed E-state index contributed by atoms with van der Waals surface area (Å²) in [5.41, 5.74) is 7.21. The smallest absolute Gasteiger partial charge is 0.210 e. The van der Waals surface area contributed by atoms with Gasteiger partial charge in [0, 0.05) is 49.6 Å². The monoisotopic (exact) mass is 334 g/mol. The summed E-state index contributed by atoms with van der Waals surface area (Å²) in [5, 5.41) is 10.6. The first-order valence-corrected chi connectivity index (χ1v) is 8.29. The highest BCUT2D eigenvalue weighted by Gasteiger charge is 2.28. The second-order valence-electron chi connectivity index (χ2n) is 5.82. The van der Waals surface area contributed by atoms with Crippen LogP contribution in [0.2, 0.25) is 5.02 Å². The molecule has 1 atom stereocenters. The van der Waals surface area contributed by atoms with Gasteiger partial charge in [0.1, 0.15) is 5.82 Å². The van der Waals surface area contributed by atoms with E-state index in [1.165, 1.54) is 0 Å². The first-order chi connectivity index (χ1) is 11.2. The lowest BCUT2D eigenvalue weighted by atomic mass is 10.1. The fraction of sp³-hybridized carbons (Fsp3) is 0.438. The van der Waals surface area contributed by atoms with E-state index in [4.69, 9.17) is 17.3 Å². The van der Waals surface area contributed by atoms with Gasteiger partial charge >= 0.3 is 0 Å². The van der Waals surface area contributed by atoms with Gasteiger partial charge < -0.3 is 16.0 Å². The van der Waals surface area contributed by atoms with Gasteiger partial charge in [-0.25, -0.2) is 4.99 Å². The number of hydrogen-bond donors (Lipinski definition) is 4. The van der Waals surface area contributed by atoms with Crippen molar-refractivity contribution in [1.29, 1.82) is 0 Å². The minimum atomic E-state index is -0.985. The maximum atomic E-state index is 6.38. The molecule has 3 rings (SSSR count). The van der Waals surface area contributed by atoms with E-state index >= 15 is 0 Å². The lowest BCUT2D eigenvalue weighted by Crippen LogP contribution is -2.52. The quantitative estimate of drug-likeness (QED) is 0.578. The summed E-state index contributed by atoms with van der Waals surface area (Å²) < 4.78 is 0. The van der Waals surface area contributed by atoms with Crippen LogP contribution in [0, 0.1) is 0 Å². The molecule has 2 aliphatic heterocycles. The van der Waals surface area contributed by atoms with Crippen LogP contribution in [-0.2, 0) is 5.79 Å². The first kappa shape index (κ1) is 16.3. The van der Waals surface area contributed by atoms with Gasteiger partial charge in [0.2, 0.25) is 5.79 Å². The van der Waals surface area contributed by atoms with E-state index in [-0.39, 0.29) is 0 Å². The van der Waals surface area contributed by atoms with Crippen molar-refractivity contribution in [2.75, 3.05) is 32.8 Å². The van der Waals surface area contributed by atoms with Crippen molar-refractivity contribution in [3.8, 4) is 0 Å². The number of nitrogens with two attached hydrogens (primary N) is 1. The summed E-state index contributed by atoms with van der Waals surface area (Å²) in [6.07, 6.45) is 4.70. The molecule has 2 aliphatic rings. The van der Waals surface area contributed by atoms with E-state index < -0.39 is 5.79 Å². The van der Waals surface area contributed by atoms with Crippen LogP contribution in [0.25, 0.3) is 0 Å². The largest absolute Gasteiger partial charge is 0.372 e. The van der Waals surface area contributed by atoms with E-state index in [2.05, 4.69) is 25.8 Å². The molecule has 1 fully saturated rings. The molecule has 0 bridgehead atoms. The van der Waals surface area contributed by atoms with E-state index in [1.807, 2.05) is 30.3 Å². The topological polar surface area (TPSA) is 77.7 Å². The van der Waals surface area contributed by atoms with E-state index in [0.29, 0.717) is 5.02 Å². The second kappa shape index (κ2) is 7.31. The molecule has 1 saturated heterocycles. The Labute approximate surface area is 141 Å². The molecule has 0 aliphatic carbocycles. The molecule has 23 heavy (non-hydrogen) atoms. The van der Waals surface area contributed by atoms with Crippen LogP contribution < -0.4 is 21.7 Å². The van der Waals surface area contributed by atoms with Gasteiger partial charge in [-0.05, 0) is 24.6 Å². The summed E-state index contributed by atoms with van der Waals surface area (Å²) in [5.74, 6) is -0.108. The number of nitrogens with zero attached hydrogens (tertiary/aromatic N) is 2. The van der Waals surface area contributed by atoms with E-state index in [1.54, 1.807) is 6.21 Å². The summed E-state index contributed by atoms with van der Waals surface area (Å²) in [6, 6.07) is 7.44. The highest BCUT2D eigenvalue weighted by molar-refractivity contribution is 6.30. The van der Waals surface area contributed by atoms with Crippen LogP contribution in [0.1, 0.15) is 12.0 Å². The summed E-state index contributed by atoms with van der Waals surface area (Å²) in [4.78, 5) is 6.77. The Hall–Kier alpha value is -1.60. The minimum Gasteiger partial charge on any atom is -0.372 e. The zero-order valence-electron chi connectivity index (χ0n) is 13.1. The number of allylic oxidation sites excluding steroid dienone is 1. The molecule has 1 unspecified atom stereocenters. The highest BCUT2D eigenvalue weighted by Crippen LogP contribution is 2.22. The molecule has 0 aromatic heterocycles. The summed E-state index contributed by atoms with van der Waals surface area (Å²) in [6.45, 7) is 5.19. The number of benzene rings is 1. The van der Waals surface area contributed by atoms with Gasteiger partial charge in [-0.3, -0.25) is 10.6 Å². The average molecular weight is 335 g/mol. The van der Waals surface area contributed by atoms with Crippen molar-refractivity contribution >= 4 is 17.8 Å². The Morgan fingerprint density at radius 1 is 1.43 bits per heavy atom. The lowest BCUT2D eigenvalue weighted by Gasteiger charge is -2.32. The second-order valence-corrected chi connectivity index (χ2v) is 6.25. The predicted molar refractivity (Wildman–Crippen MR) is 94.1 cm³/mol. The van der Waals surface area contributed by atoms with Gasteiger partial charge in [0.05, 0.1) is 0 Å². The molecule has 0 amide bonds. The normalized spacial score (nSPS) is 24.3. The molecular formula is C16H23ClN6. The third-order valence-electron chi connectivity index (χ3n) is 4.02. The third kappa shape index (κ3) is 4.23. The highest BCUT2D eigenvalue weighted by atomic mass is 35.5. The van der Waals surface area contributed by atoms with Gasteiger partial charge in [0.15, 0.2) is 0 Å². The molecule has 2 heterocycles. The van der Waals surface area contributed by atoms with Crippen LogP contribution in [0.4, 0.5) is 0 Å². The number of hydrogen-bond acceptors (Lipinski definition) is 6. The number of nitrogens with one attached hydrogen (secondary N) is 3. The Morgan fingerprint density at radius 3 is 3.13 bits per heavy atom. The lowest BCUT2D eigenvalue weighted by molar-refractivity contribution is 0.325. The van der Waals surface area contributed by atoms with Crippen LogP contribution in [0.15, 0.2) is 41.2 Å². The average Bonchev–Trinajstić information content (AvgIpc) is 3.05. The van der Waals surface area contributed by atoms with Crippen molar-refractivity contribution in [2.45, 2.75) is 12.2 Å². The Morgan fingerprint density at radius 2 is 2.35 bits per heavy atom. The zero-order valence-corrected chi connectivity index (χ0v) is 13.8. The Bertz CT molecular complexity index is 596. The molecule has 1 aromatic rings. The van der Waals surface area contributed by atoms with Crippen LogP contribution in [0.3, 0.4) is 0 Å². The van der Waals surface area contributed by atoms with Crippen molar-refractivity contribution in [2.24, 2.45) is 10.7 Å². The SMILES string of the molecule is NC1(c2cccc(Cl)c2)N=CC=C(NCCCN2CCNC2)N1. The maximum absolute atomic E-state index is 6.38. The van der Waals surface area contributed by atoms with Gasteiger partial charge in [-0.2, -0.15) is 0 Å². The number of aliphatic imine (C=N–C) groups is 1. The molecule has 0 spiro atoms. The van der Waals surface area contributed by atoms with Crippen molar-refractivity contribution < 1.29 is 0 Å². The molecule has 7 heteroatoms. The number of halogens is 1. The van der Waals surface area contributed by atoms with Crippen molar-refractivity contribution in [1.82, 2.24) is 20.9 Å². The minimum absolute atomic E-state index is 0.646. The summed E-state index contributed by atoms with van der Waals surface area (Å²) >= 11 is 6.05. The van der Waals surface area contributed by atoms with Gasteiger partial charge in [-0.15, -0.1) is 0 Å². The van der Waals surface area contributed by atoms with E-state index in [0.717, 1.165) is 50.7 Å². The zero-order chi connectivity index (χ0) is 16.1. The van der Waals surface area contributed by atoms with Gasteiger partial charge in [0.25, 0.3) is 0 Å².